The first kappa shape index (κ1) is 18.0. The smallest absolute Gasteiger partial charge is 0.326 e. The zero-order valence-corrected chi connectivity index (χ0v) is 14.0. The van der Waals surface area contributed by atoms with Crippen molar-refractivity contribution in [3.63, 3.8) is 0 Å². The summed E-state index contributed by atoms with van der Waals surface area (Å²) >= 11 is 0. The van der Waals surface area contributed by atoms with Crippen LogP contribution in [0.3, 0.4) is 0 Å². The molecule has 2 aromatic rings. The summed E-state index contributed by atoms with van der Waals surface area (Å²) < 4.78 is 39.3. The molecule has 1 amide bonds. The minimum absolute atomic E-state index is 0.0820. The lowest BCUT2D eigenvalue weighted by atomic mass is 10.1. The summed E-state index contributed by atoms with van der Waals surface area (Å²) in [6.07, 6.45) is -4.49. The number of nitrogens with zero attached hydrogens (tertiary/aromatic N) is 2. The number of hydrogen-bond donors (Lipinski definition) is 1. The number of carbonyl (C=O) groups is 1. The molecule has 0 fully saturated rings. The molecule has 130 valence electrons. The number of benzene rings is 1. The van der Waals surface area contributed by atoms with Crippen LogP contribution in [0.4, 0.5) is 18.9 Å². The van der Waals surface area contributed by atoms with Gasteiger partial charge in [0.25, 0.3) is 0 Å². The molecule has 0 spiro atoms. The van der Waals surface area contributed by atoms with Crippen LogP contribution in [0.2, 0.25) is 0 Å². The predicted molar refractivity (Wildman–Crippen MR) is 85.7 cm³/mol. The van der Waals surface area contributed by atoms with Crippen molar-refractivity contribution in [2.75, 3.05) is 5.32 Å². The number of aryl methyl sites for hydroxylation is 2. The van der Waals surface area contributed by atoms with Crippen LogP contribution in [0.15, 0.2) is 24.3 Å². The van der Waals surface area contributed by atoms with E-state index in [1.54, 1.807) is 13.0 Å². The first-order valence-corrected chi connectivity index (χ1v) is 7.58. The number of amides is 1. The second-order valence-electron chi connectivity index (χ2n) is 5.99. The van der Waals surface area contributed by atoms with E-state index in [0.29, 0.717) is 11.4 Å². The average Bonchev–Trinajstić information content (AvgIpc) is 2.85. The van der Waals surface area contributed by atoms with E-state index < -0.39 is 17.8 Å². The van der Waals surface area contributed by atoms with Crippen LogP contribution in [0.5, 0.6) is 0 Å². The molecule has 1 heterocycles. The molecule has 2 rings (SSSR count). The minimum atomic E-state index is -4.49. The van der Waals surface area contributed by atoms with E-state index in [1.807, 2.05) is 26.0 Å². The second kappa shape index (κ2) is 6.67. The third kappa shape index (κ3) is 3.96. The highest BCUT2D eigenvalue weighted by Gasteiger charge is 2.34. The topological polar surface area (TPSA) is 46.9 Å². The van der Waals surface area contributed by atoms with Crippen LogP contribution in [0.1, 0.15) is 29.4 Å². The van der Waals surface area contributed by atoms with Gasteiger partial charge in [0.2, 0.25) is 5.91 Å². The van der Waals surface area contributed by atoms with Gasteiger partial charge in [-0.25, -0.2) is 0 Å². The van der Waals surface area contributed by atoms with Crippen molar-refractivity contribution in [2.45, 2.75) is 40.4 Å². The molecular weight excluding hydrogens is 319 g/mol. The molecule has 7 heteroatoms. The van der Waals surface area contributed by atoms with Gasteiger partial charge in [0.05, 0.1) is 12.5 Å². The fraction of sp³-hybridized carbons (Fsp3) is 0.412. The van der Waals surface area contributed by atoms with Gasteiger partial charge in [-0.1, -0.05) is 19.1 Å². The summed E-state index contributed by atoms with van der Waals surface area (Å²) in [5, 5.41) is 6.38. The van der Waals surface area contributed by atoms with E-state index in [4.69, 9.17) is 0 Å². The van der Waals surface area contributed by atoms with Crippen molar-refractivity contribution in [1.29, 1.82) is 0 Å². The fourth-order valence-electron chi connectivity index (χ4n) is 2.32. The lowest BCUT2D eigenvalue weighted by Gasteiger charge is -2.15. The monoisotopic (exact) mass is 339 g/mol. The highest BCUT2D eigenvalue weighted by atomic mass is 19.4. The van der Waals surface area contributed by atoms with Crippen LogP contribution in [-0.2, 0) is 17.5 Å². The Hall–Kier alpha value is -2.31. The molecule has 24 heavy (non-hydrogen) atoms. The Morgan fingerprint density at radius 2 is 1.96 bits per heavy atom. The molecule has 1 aromatic carbocycles. The fourth-order valence-corrected chi connectivity index (χ4v) is 2.32. The quantitative estimate of drug-likeness (QED) is 0.911. The van der Waals surface area contributed by atoms with Gasteiger partial charge in [-0.3, -0.25) is 9.48 Å². The first-order valence-electron chi connectivity index (χ1n) is 7.58. The van der Waals surface area contributed by atoms with Gasteiger partial charge in [0.15, 0.2) is 5.69 Å². The Balaban J connectivity index is 2.09. The number of carbonyl (C=O) groups excluding carboxylic acids is 1. The third-order valence-corrected chi connectivity index (χ3v) is 4.03. The number of rotatable bonds is 4. The number of hydrogen-bond acceptors (Lipinski definition) is 2. The Bertz CT molecular complexity index is 750. The summed E-state index contributed by atoms with van der Waals surface area (Å²) in [6.45, 7) is 7.13. The van der Waals surface area contributed by atoms with Gasteiger partial charge in [0.1, 0.15) is 0 Å². The lowest BCUT2D eigenvalue weighted by Crippen LogP contribution is -2.25. The van der Waals surface area contributed by atoms with E-state index >= 15 is 0 Å². The van der Waals surface area contributed by atoms with Crippen molar-refractivity contribution in [2.24, 2.45) is 5.92 Å². The SMILES string of the molecule is Cc1cccc(NC(=O)C(C)Cn2nc(C(F)(F)F)cc2C)c1C. The molecule has 0 aliphatic carbocycles. The zero-order chi connectivity index (χ0) is 18.1. The van der Waals surface area contributed by atoms with E-state index in [2.05, 4.69) is 10.4 Å². The summed E-state index contributed by atoms with van der Waals surface area (Å²) in [6, 6.07) is 6.57. The summed E-state index contributed by atoms with van der Waals surface area (Å²) in [5.41, 5.74) is 2.15. The van der Waals surface area contributed by atoms with Crippen molar-refractivity contribution in [1.82, 2.24) is 9.78 Å². The van der Waals surface area contributed by atoms with Crippen molar-refractivity contribution in [3.05, 3.63) is 46.8 Å². The van der Waals surface area contributed by atoms with Gasteiger partial charge in [-0.2, -0.15) is 18.3 Å². The Labute approximate surface area is 138 Å². The van der Waals surface area contributed by atoms with Crippen LogP contribution < -0.4 is 5.32 Å². The van der Waals surface area contributed by atoms with E-state index in [1.165, 1.54) is 11.6 Å². The highest BCUT2D eigenvalue weighted by molar-refractivity contribution is 5.93. The van der Waals surface area contributed by atoms with Gasteiger partial charge in [-0.05, 0) is 44.0 Å². The molecular formula is C17H20F3N3O. The first-order chi connectivity index (χ1) is 11.1. The van der Waals surface area contributed by atoms with Gasteiger partial charge in [-0.15, -0.1) is 0 Å². The van der Waals surface area contributed by atoms with Crippen LogP contribution in [0, 0.1) is 26.7 Å². The standard InChI is InChI=1S/C17H20F3N3O/c1-10-6-5-7-14(13(10)4)21-16(24)11(2)9-23-12(3)8-15(22-23)17(18,19)20/h5-8,11H,9H2,1-4H3,(H,21,24). The van der Waals surface area contributed by atoms with Crippen molar-refractivity contribution in [3.8, 4) is 0 Å². The molecule has 1 N–H and O–H groups in total. The van der Waals surface area contributed by atoms with Crippen LogP contribution >= 0.6 is 0 Å². The molecule has 0 radical (unpaired) electrons. The van der Waals surface area contributed by atoms with Crippen molar-refractivity contribution >= 4 is 11.6 Å². The average molecular weight is 339 g/mol. The van der Waals surface area contributed by atoms with Gasteiger partial charge < -0.3 is 5.32 Å². The van der Waals surface area contributed by atoms with Crippen molar-refractivity contribution < 1.29 is 18.0 Å². The van der Waals surface area contributed by atoms with Gasteiger partial charge in [0, 0.05) is 11.4 Å². The third-order valence-electron chi connectivity index (χ3n) is 4.03. The summed E-state index contributed by atoms with van der Waals surface area (Å²) in [7, 11) is 0. The Morgan fingerprint density at radius 3 is 2.54 bits per heavy atom. The molecule has 1 aromatic heterocycles. The predicted octanol–water partition coefficient (Wildman–Crippen LogP) is 4.10. The highest BCUT2D eigenvalue weighted by Crippen LogP contribution is 2.28. The second-order valence-corrected chi connectivity index (χ2v) is 5.99. The molecule has 0 aliphatic rings. The number of alkyl halides is 3. The summed E-state index contributed by atoms with van der Waals surface area (Å²) in [4.78, 5) is 12.3. The molecule has 1 unspecified atom stereocenters. The maximum Gasteiger partial charge on any atom is 0.435 e. The van der Waals surface area contributed by atoms with Crippen LogP contribution in [0.25, 0.3) is 0 Å². The Morgan fingerprint density at radius 1 is 1.29 bits per heavy atom. The molecule has 0 saturated heterocycles. The molecule has 4 nitrogen and oxygen atoms in total. The van der Waals surface area contributed by atoms with Crippen LogP contribution in [-0.4, -0.2) is 15.7 Å². The number of aromatic nitrogens is 2. The van der Waals surface area contributed by atoms with E-state index in [9.17, 15) is 18.0 Å². The normalized spacial score (nSPS) is 13.0. The minimum Gasteiger partial charge on any atom is -0.326 e. The molecule has 0 saturated carbocycles. The summed E-state index contributed by atoms with van der Waals surface area (Å²) in [5.74, 6) is -0.781. The lowest BCUT2D eigenvalue weighted by molar-refractivity contribution is -0.141. The molecule has 1 atom stereocenters. The number of anilines is 1. The van der Waals surface area contributed by atoms with Gasteiger partial charge >= 0.3 is 6.18 Å². The largest absolute Gasteiger partial charge is 0.435 e. The van der Waals surface area contributed by atoms with E-state index in [-0.39, 0.29) is 12.5 Å². The number of nitrogens with one attached hydrogen (secondary N) is 1. The maximum atomic E-state index is 12.7. The molecule has 0 aliphatic heterocycles. The Kier molecular flexibility index (Phi) is 5.01. The molecule has 0 bridgehead atoms. The van der Waals surface area contributed by atoms with E-state index in [0.717, 1.165) is 17.2 Å². The maximum absolute atomic E-state index is 12.7. The zero-order valence-electron chi connectivity index (χ0n) is 14.0. The number of halogens is 3.